The number of piperazine rings is 1. The lowest BCUT2D eigenvalue weighted by Crippen LogP contribution is -2.43. The molecule has 0 radical (unpaired) electrons. The smallest absolute Gasteiger partial charge is 0.256 e. The number of likely N-dealkylation sites (N-methyl/N-ethyl adjacent to an activating group) is 1. The van der Waals surface area contributed by atoms with Gasteiger partial charge in [0.05, 0.1) is 17.2 Å². The number of hydrogen-bond acceptors (Lipinski definition) is 7. The first kappa shape index (κ1) is 43.1. The van der Waals surface area contributed by atoms with Gasteiger partial charge in [-0.25, -0.2) is 13.8 Å². The van der Waals surface area contributed by atoms with E-state index in [1.165, 1.54) is 35.6 Å². The number of nitrogens with one attached hydrogen (secondary N) is 2. The zero-order chi connectivity index (χ0) is 42.4. The first-order valence-electron chi connectivity index (χ1n) is 21.6. The Morgan fingerprint density at radius 3 is 2.48 bits per heavy atom. The van der Waals surface area contributed by atoms with E-state index in [4.69, 9.17) is 4.98 Å². The van der Waals surface area contributed by atoms with Crippen LogP contribution in [0.15, 0.2) is 122 Å². The Labute approximate surface area is 361 Å². The number of aryl methyl sites for hydroxylation is 2. The van der Waals surface area contributed by atoms with E-state index >= 15 is 0 Å². The van der Waals surface area contributed by atoms with Gasteiger partial charge in [-0.15, -0.1) is 11.3 Å². The molecule has 316 valence electrons. The molecule has 2 aromatic heterocycles. The van der Waals surface area contributed by atoms with Crippen LogP contribution < -0.4 is 15.5 Å². The summed E-state index contributed by atoms with van der Waals surface area (Å²) in [5.41, 5.74) is 10.3. The Kier molecular flexibility index (Phi) is 13.5. The lowest BCUT2D eigenvalue weighted by atomic mass is 9.90. The second kappa shape index (κ2) is 18.7. The summed E-state index contributed by atoms with van der Waals surface area (Å²) in [5, 5.41) is 8.35. The van der Waals surface area contributed by atoms with Crippen LogP contribution in [-0.4, -0.2) is 67.5 Å². The molecule has 3 heterocycles. The third kappa shape index (κ3) is 10.5. The van der Waals surface area contributed by atoms with Crippen LogP contribution in [0, 0.1) is 6.92 Å². The number of aromatic nitrogens is 1. The van der Waals surface area contributed by atoms with Crippen LogP contribution in [-0.2, 0) is 24.7 Å². The quantitative estimate of drug-likeness (QED) is 0.0684. The molecule has 2 aromatic carbocycles. The lowest BCUT2D eigenvalue weighted by Gasteiger charge is -2.38. The Morgan fingerprint density at radius 2 is 1.70 bits per heavy atom. The number of fused-ring (bicyclic) bond motifs is 1. The molecule has 6 nitrogen and oxygen atoms in total. The van der Waals surface area contributed by atoms with Crippen molar-refractivity contribution in [1.82, 2.24) is 20.1 Å². The number of rotatable bonds is 20. The van der Waals surface area contributed by atoms with Crippen molar-refractivity contribution in [3.8, 4) is 11.3 Å². The Morgan fingerprint density at radius 1 is 0.917 bits per heavy atom. The molecule has 1 saturated carbocycles. The normalized spacial score (nSPS) is 16.7. The molecule has 7 rings (SSSR count). The van der Waals surface area contributed by atoms with Gasteiger partial charge in [0.2, 0.25) is 0 Å². The first-order chi connectivity index (χ1) is 28.8. The van der Waals surface area contributed by atoms with E-state index in [1.54, 1.807) is 0 Å². The first-order valence-corrected chi connectivity index (χ1v) is 22.4. The molecular formula is C51H62F2N6S. The molecule has 0 spiro atoms. The minimum absolute atomic E-state index is 0.167. The SMILES string of the molecule is C=C(NCCCCCCCc1ccc(N2CCN(C(=C)/C=C/CN(C)C)CC2=C)s1)c1cccc(-c2nc(NC(=C)C3(c4ccc5c(c4)CC(F)(F)C5)CC3)ccc2C)c1. The molecule has 9 heteroatoms. The Balaban J connectivity index is 0.821. The molecule has 60 heavy (non-hydrogen) atoms. The van der Waals surface area contributed by atoms with Gasteiger partial charge in [-0.1, -0.05) is 94.1 Å². The maximum absolute atomic E-state index is 14.1. The van der Waals surface area contributed by atoms with Crippen LogP contribution in [0.5, 0.6) is 0 Å². The number of alkyl halides is 2. The van der Waals surface area contributed by atoms with E-state index in [-0.39, 0.29) is 18.3 Å². The second-order valence-corrected chi connectivity index (χ2v) is 18.4. The average Bonchev–Trinajstić information content (AvgIpc) is 3.80. The molecule has 2 N–H and O–H groups in total. The van der Waals surface area contributed by atoms with Gasteiger partial charge >= 0.3 is 0 Å². The van der Waals surface area contributed by atoms with Gasteiger partial charge in [0.25, 0.3) is 5.92 Å². The van der Waals surface area contributed by atoms with Crippen molar-refractivity contribution in [2.24, 2.45) is 0 Å². The van der Waals surface area contributed by atoms with Crippen LogP contribution in [0.1, 0.15) is 77.6 Å². The number of halogens is 2. The fourth-order valence-corrected chi connectivity index (χ4v) is 9.63. The summed E-state index contributed by atoms with van der Waals surface area (Å²) < 4.78 is 28.2. The predicted octanol–water partition coefficient (Wildman–Crippen LogP) is 11.5. The summed E-state index contributed by atoms with van der Waals surface area (Å²) in [6, 6.07) is 22.9. The predicted molar refractivity (Wildman–Crippen MR) is 250 cm³/mol. The van der Waals surface area contributed by atoms with Gasteiger partial charge in [-0.05, 0) is 111 Å². The molecular weight excluding hydrogens is 767 g/mol. The molecule has 0 atom stereocenters. The standard InChI is InChI=1S/C51H62F2N6S/c1-36-19-23-47(55-40(5)50(25-26-50)45-21-20-43-33-51(52,53)34-44(43)32-45)56-49(36)42-17-13-16-41(31-42)39(4)54-27-12-10-8-9-11-18-46-22-24-48(60-46)59-30-29-58(35-38(59)3)37(2)15-14-28-57(6)7/h13-17,19-24,31-32,54H,2-5,8-12,18,25-30,33-35H2,1,6-7H3,(H,55,56)/b15-14+. The van der Waals surface area contributed by atoms with Crippen LogP contribution in [0.2, 0.25) is 0 Å². The minimum Gasteiger partial charge on any atom is -0.385 e. The maximum atomic E-state index is 14.1. The third-order valence-corrected chi connectivity index (χ3v) is 13.4. The number of unbranched alkanes of at least 4 members (excludes halogenated alkanes) is 4. The highest BCUT2D eigenvalue weighted by molar-refractivity contribution is 7.16. The van der Waals surface area contributed by atoms with Crippen molar-refractivity contribution in [2.45, 2.75) is 82.5 Å². The zero-order valence-electron chi connectivity index (χ0n) is 35.9. The molecule has 0 unspecified atom stereocenters. The fourth-order valence-electron chi connectivity index (χ4n) is 8.51. The molecule has 1 aliphatic heterocycles. The van der Waals surface area contributed by atoms with Crippen LogP contribution in [0.25, 0.3) is 17.0 Å². The highest BCUT2D eigenvalue weighted by Gasteiger charge is 2.48. The van der Waals surface area contributed by atoms with Gasteiger partial charge in [0.1, 0.15) is 5.82 Å². The molecule has 0 bridgehead atoms. The summed E-state index contributed by atoms with van der Waals surface area (Å²) in [6.07, 6.45) is 12.9. The van der Waals surface area contributed by atoms with Crippen molar-refractivity contribution in [3.05, 3.63) is 155 Å². The zero-order valence-corrected chi connectivity index (χ0v) is 36.7. The lowest BCUT2D eigenvalue weighted by molar-refractivity contribution is 0.0130. The number of pyridine rings is 1. The number of benzene rings is 2. The van der Waals surface area contributed by atoms with Crippen molar-refractivity contribution in [1.29, 1.82) is 0 Å². The monoisotopic (exact) mass is 828 g/mol. The highest BCUT2D eigenvalue weighted by atomic mass is 32.1. The van der Waals surface area contributed by atoms with Gasteiger partial charge in [0.15, 0.2) is 0 Å². The maximum Gasteiger partial charge on any atom is 0.256 e. The summed E-state index contributed by atoms with van der Waals surface area (Å²) in [5.74, 6) is -1.92. The van der Waals surface area contributed by atoms with Gasteiger partial charge in [0, 0.05) is 77.7 Å². The van der Waals surface area contributed by atoms with Crippen LogP contribution in [0.3, 0.4) is 0 Å². The number of allylic oxidation sites excluding steroid dienone is 2. The van der Waals surface area contributed by atoms with E-state index in [0.717, 1.165) is 126 Å². The third-order valence-electron chi connectivity index (χ3n) is 12.2. The molecule has 2 aliphatic carbocycles. The van der Waals surface area contributed by atoms with Crippen LogP contribution >= 0.6 is 11.3 Å². The molecule has 4 aromatic rings. The number of nitrogens with zero attached hydrogens (tertiary/aromatic N) is 4. The molecule has 3 aliphatic rings. The molecule has 0 amide bonds. The fraction of sp³-hybridized carbons (Fsp3) is 0.392. The molecule has 1 saturated heterocycles. The Bertz CT molecular complexity index is 2250. The van der Waals surface area contributed by atoms with Gasteiger partial charge < -0.3 is 25.3 Å². The van der Waals surface area contributed by atoms with Crippen molar-refractivity contribution in [3.63, 3.8) is 0 Å². The van der Waals surface area contributed by atoms with E-state index in [0.29, 0.717) is 0 Å². The van der Waals surface area contributed by atoms with Crippen molar-refractivity contribution >= 4 is 27.9 Å². The largest absolute Gasteiger partial charge is 0.385 e. The van der Waals surface area contributed by atoms with Gasteiger partial charge in [-0.2, -0.15) is 0 Å². The average molecular weight is 829 g/mol. The van der Waals surface area contributed by atoms with Crippen molar-refractivity contribution < 1.29 is 8.78 Å². The topological polar surface area (TPSA) is 46.7 Å². The van der Waals surface area contributed by atoms with E-state index in [1.807, 2.05) is 35.6 Å². The highest BCUT2D eigenvalue weighted by Crippen LogP contribution is 2.54. The van der Waals surface area contributed by atoms with Gasteiger partial charge in [-0.3, -0.25) is 0 Å². The summed E-state index contributed by atoms with van der Waals surface area (Å²) in [6.45, 7) is 24.0. The second-order valence-electron chi connectivity index (χ2n) is 17.3. The van der Waals surface area contributed by atoms with Crippen LogP contribution in [0.4, 0.5) is 19.6 Å². The summed E-state index contributed by atoms with van der Waals surface area (Å²) >= 11 is 1.91. The summed E-state index contributed by atoms with van der Waals surface area (Å²) in [7, 11) is 4.14. The number of anilines is 2. The van der Waals surface area contributed by atoms with E-state index < -0.39 is 5.92 Å². The minimum atomic E-state index is -2.65. The van der Waals surface area contributed by atoms with E-state index in [2.05, 4.69) is 127 Å². The Hall–Kier alpha value is -4.99. The summed E-state index contributed by atoms with van der Waals surface area (Å²) in [4.78, 5) is 13.3. The number of thiophene rings is 1. The molecule has 2 fully saturated rings. The van der Waals surface area contributed by atoms with Crippen molar-refractivity contribution in [2.75, 3.05) is 57.0 Å². The van der Waals surface area contributed by atoms with E-state index in [9.17, 15) is 8.78 Å². The number of hydrogen-bond donors (Lipinski definition) is 2.